The quantitative estimate of drug-likeness (QED) is 0.774. The number of hydrogen-bond acceptors (Lipinski definition) is 3. The van der Waals surface area contributed by atoms with E-state index in [0.717, 1.165) is 25.8 Å². The van der Waals surface area contributed by atoms with Crippen molar-refractivity contribution in [1.82, 2.24) is 15.1 Å². The minimum atomic E-state index is -0.0647. The summed E-state index contributed by atoms with van der Waals surface area (Å²) in [6, 6.07) is 2.44. The van der Waals surface area contributed by atoms with Crippen LogP contribution in [0.5, 0.6) is 0 Å². The molecule has 0 bridgehead atoms. The lowest BCUT2D eigenvalue weighted by atomic mass is 9.97. The first-order valence-corrected chi connectivity index (χ1v) is 6.76. The summed E-state index contributed by atoms with van der Waals surface area (Å²) in [6.45, 7) is 7.48. The Balaban J connectivity index is 2.65. The minimum Gasteiger partial charge on any atom is -0.379 e. The van der Waals surface area contributed by atoms with Crippen LogP contribution < -0.4 is 5.32 Å². The third-order valence-corrected chi connectivity index (χ3v) is 3.44. The number of aromatic nitrogens is 2. The Labute approximate surface area is 111 Å². The van der Waals surface area contributed by atoms with Crippen molar-refractivity contribution in [2.45, 2.75) is 51.7 Å². The molecule has 1 heterocycles. The summed E-state index contributed by atoms with van der Waals surface area (Å²) in [7, 11) is 3.77. The van der Waals surface area contributed by atoms with Crippen molar-refractivity contribution in [3.8, 4) is 0 Å². The molecule has 104 valence electrons. The Morgan fingerprint density at radius 2 is 2.22 bits per heavy atom. The second-order valence-corrected chi connectivity index (χ2v) is 5.39. The Bertz CT molecular complexity index is 347. The molecule has 0 spiro atoms. The Kier molecular flexibility index (Phi) is 5.82. The van der Waals surface area contributed by atoms with Crippen LogP contribution in [0.15, 0.2) is 12.3 Å². The highest BCUT2D eigenvalue weighted by Gasteiger charge is 2.21. The number of aryl methyl sites for hydroxylation is 1. The lowest BCUT2D eigenvalue weighted by Gasteiger charge is -2.26. The average molecular weight is 253 g/mol. The molecule has 1 N–H and O–H groups in total. The molecular formula is C14H27N3O. The van der Waals surface area contributed by atoms with Crippen LogP contribution in [0.2, 0.25) is 0 Å². The molecule has 1 unspecified atom stereocenters. The minimum absolute atomic E-state index is 0.0647. The number of nitrogens with zero attached hydrogens (tertiary/aromatic N) is 2. The van der Waals surface area contributed by atoms with Crippen LogP contribution in [0.4, 0.5) is 0 Å². The van der Waals surface area contributed by atoms with E-state index in [0.29, 0.717) is 6.04 Å². The second kappa shape index (κ2) is 6.90. The summed E-state index contributed by atoms with van der Waals surface area (Å²) in [5.41, 5.74) is 1.18. The lowest BCUT2D eigenvalue weighted by molar-refractivity contribution is 0.0115. The number of hydrogen-bond donors (Lipinski definition) is 1. The third kappa shape index (κ3) is 4.42. The maximum atomic E-state index is 5.49. The van der Waals surface area contributed by atoms with Crippen molar-refractivity contribution in [2.75, 3.05) is 13.7 Å². The highest BCUT2D eigenvalue weighted by atomic mass is 16.5. The van der Waals surface area contributed by atoms with E-state index in [-0.39, 0.29) is 5.60 Å². The van der Waals surface area contributed by atoms with Crippen molar-refractivity contribution in [1.29, 1.82) is 0 Å². The van der Waals surface area contributed by atoms with Gasteiger partial charge in [-0.15, -0.1) is 0 Å². The largest absolute Gasteiger partial charge is 0.379 e. The van der Waals surface area contributed by atoms with Gasteiger partial charge in [-0.2, -0.15) is 5.10 Å². The molecule has 0 amide bonds. The number of ether oxygens (including phenoxy) is 1. The topological polar surface area (TPSA) is 39.1 Å². The molecule has 4 heteroatoms. The number of methoxy groups -OCH3 is 1. The van der Waals surface area contributed by atoms with Gasteiger partial charge in [0.15, 0.2) is 0 Å². The molecule has 0 fully saturated rings. The van der Waals surface area contributed by atoms with E-state index in [1.54, 1.807) is 7.11 Å². The van der Waals surface area contributed by atoms with Crippen molar-refractivity contribution >= 4 is 0 Å². The fourth-order valence-corrected chi connectivity index (χ4v) is 1.99. The van der Waals surface area contributed by atoms with Gasteiger partial charge >= 0.3 is 0 Å². The molecule has 18 heavy (non-hydrogen) atoms. The van der Waals surface area contributed by atoms with E-state index < -0.39 is 0 Å². The number of nitrogens with one attached hydrogen (secondary N) is 1. The zero-order valence-corrected chi connectivity index (χ0v) is 12.4. The lowest BCUT2D eigenvalue weighted by Crippen LogP contribution is -2.29. The highest BCUT2D eigenvalue weighted by Crippen LogP contribution is 2.24. The van der Waals surface area contributed by atoms with Crippen molar-refractivity contribution in [3.63, 3.8) is 0 Å². The summed E-state index contributed by atoms with van der Waals surface area (Å²) in [5.74, 6) is 0. The van der Waals surface area contributed by atoms with Crippen molar-refractivity contribution in [2.24, 2.45) is 7.05 Å². The van der Waals surface area contributed by atoms with Crippen LogP contribution >= 0.6 is 0 Å². The fraction of sp³-hybridized carbons (Fsp3) is 0.786. The average Bonchev–Trinajstić information content (AvgIpc) is 2.76. The predicted octanol–water partition coefficient (Wildman–Crippen LogP) is 2.67. The SMILES string of the molecule is CCCNC(CCC(C)(C)OC)c1ccnn1C. The van der Waals surface area contributed by atoms with Gasteiger partial charge in [0.1, 0.15) is 0 Å². The first kappa shape index (κ1) is 15.2. The molecule has 1 aromatic heterocycles. The van der Waals surface area contributed by atoms with E-state index in [1.807, 2.05) is 17.9 Å². The Morgan fingerprint density at radius 3 is 2.72 bits per heavy atom. The maximum absolute atomic E-state index is 5.49. The normalized spacial score (nSPS) is 13.8. The molecule has 0 aliphatic rings. The van der Waals surface area contributed by atoms with Gasteiger partial charge in [0, 0.05) is 26.4 Å². The molecule has 0 aromatic carbocycles. The number of rotatable bonds is 8. The van der Waals surface area contributed by atoms with Gasteiger partial charge in [0.25, 0.3) is 0 Å². The molecule has 1 rings (SSSR count). The molecule has 0 aliphatic carbocycles. The zero-order valence-electron chi connectivity index (χ0n) is 12.4. The molecule has 1 aromatic rings. The Morgan fingerprint density at radius 1 is 1.50 bits per heavy atom. The Hall–Kier alpha value is -0.870. The highest BCUT2D eigenvalue weighted by molar-refractivity contribution is 5.06. The van der Waals surface area contributed by atoms with Gasteiger partial charge in [0.2, 0.25) is 0 Å². The molecule has 0 saturated heterocycles. The predicted molar refractivity (Wildman–Crippen MR) is 74.6 cm³/mol. The van der Waals surface area contributed by atoms with Crippen molar-refractivity contribution < 1.29 is 4.74 Å². The first-order chi connectivity index (χ1) is 8.50. The van der Waals surface area contributed by atoms with E-state index in [4.69, 9.17) is 4.74 Å². The van der Waals surface area contributed by atoms with Gasteiger partial charge in [-0.05, 0) is 45.7 Å². The van der Waals surface area contributed by atoms with Gasteiger partial charge < -0.3 is 10.1 Å². The van der Waals surface area contributed by atoms with E-state index in [1.165, 1.54) is 5.69 Å². The summed E-state index contributed by atoms with van der Waals surface area (Å²) < 4.78 is 7.44. The summed E-state index contributed by atoms with van der Waals surface area (Å²) in [5, 5.41) is 7.85. The van der Waals surface area contributed by atoms with Crippen LogP contribution in [-0.4, -0.2) is 29.0 Å². The van der Waals surface area contributed by atoms with Gasteiger partial charge in [0.05, 0.1) is 11.3 Å². The fourth-order valence-electron chi connectivity index (χ4n) is 1.99. The smallest absolute Gasteiger partial charge is 0.0623 e. The van der Waals surface area contributed by atoms with Crippen LogP contribution in [0.3, 0.4) is 0 Å². The standard InChI is InChI=1S/C14H27N3O/c1-6-10-15-12(7-9-14(2,3)18-5)13-8-11-16-17(13)4/h8,11-12,15H,6-7,9-10H2,1-5H3. The zero-order chi connectivity index (χ0) is 13.6. The van der Waals surface area contributed by atoms with E-state index >= 15 is 0 Å². The van der Waals surface area contributed by atoms with Gasteiger partial charge in [-0.25, -0.2) is 0 Å². The van der Waals surface area contributed by atoms with Crippen LogP contribution in [0, 0.1) is 0 Å². The van der Waals surface area contributed by atoms with E-state index in [2.05, 4.69) is 37.3 Å². The summed E-state index contributed by atoms with van der Waals surface area (Å²) >= 11 is 0. The molecule has 4 nitrogen and oxygen atoms in total. The molecular weight excluding hydrogens is 226 g/mol. The summed E-state index contributed by atoms with van der Waals surface area (Å²) in [6.07, 6.45) is 5.08. The molecule has 1 atom stereocenters. The monoisotopic (exact) mass is 253 g/mol. The first-order valence-electron chi connectivity index (χ1n) is 6.76. The molecule has 0 saturated carbocycles. The van der Waals surface area contributed by atoms with Crippen molar-refractivity contribution in [3.05, 3.63) is 18.0 Å². The van der Waals surface area contributed by atoms with Crippen LogP contribution in [0.25, 0.3) is 0 Å². The van der Waals surface area contributed by atoms with Gasteiger partial charge in [-0.3, -0.25) is 4.68 Å². The summed E-state index contributed by atoms with van der Waals surface area (Å²) in [4.78, 5) is 0. The van der Waals surface area contributed by atoms with Gasteiger partial charge in [-0.1, -0.05) is 6.92 Å². The third-order valence-electron chi connectivity index (χ3n) is 3.44. The second-order valence-electron chi connectivity index (χ2n) is 5.39. The molecule has 0 radical (unpaired) electrons. The van der Waals surface area contributed by atoms with Crippen LogP contribution in [-0.2, 0) is 11.8 Å². The van der Waals surface area contributed by atoms with E-state index in [9.17, 15) is 0 Å². The molecule has 0 aliphatic heterocycles. The van der Waals surface area contributed by atoms with Crippen LogP contribution in [0.1, 0.15) is 51.8 Å². The maximum Gasteiger partial charge on any atom is 0.0623 e.